The minimum atomic E-state index is -3.05. The van der Waals surface area contributed by atoms with E-state index in [1.807, 2.05) is 0 Å². The molecule has 2 aromatic carbocycles. The summed E-state index contributed by atoms with van der Waals surface area (Å²) in [6, 6.07) is 11.9. The molecule has 33 heavy (non-hydrogen) atoms. The lowest BCUT2D eigenvalue weighted by Crippen LogP contribution is -2.45. The zero-order chi connectivity index (χ0) is 23.8. The summed E-state index contributed by atoms with van der Waals surface area (Å²) in [5, 5.41) is 2.83. The first kappa shape index (κ1) is 24.3. The second-order valence-corrected chi connectivity index (χ2v) is 7.53. The van der Waals surface area contributed by atoms with Gasteiger partial charge in [-0.15, -0.1) is 0 Å². The van der Waals surface area contributed by atoms with Crippen molar-refractivity contribution in [2.75, 3.05) is 19.6 Å². The Balaban J connectivity index is 1.52. The zero-order valence-electron chi connectivity index (χ0n) is 17.7. The summed E-state index contributed by atoms with van der Waals surface area (Å²) >= 11 is 0. The molecule has 0 radical (unpaired) electrons. The predicted octanol–water partition coefficient (Wildman–Crippen LogP) is 4.10. The number of amides is 2. The molecule has 1 saturated heterocycles. The third-order valence-electron chi connectivity index (χ3n) is 5.27. The highest BCUT2D eigenvalue weighted by Gasteiger charge is 2.30. The van der Waals surface area contributed by atoms with Gasteiger partial charge in [0, 0.05) is 19.6 Å². The van der Waals surface area contributed by atoms with E-state index < -0.39 is 25.0 Å². The summed E-state index contributed by atoms with van der Waals surface area (Å²) in [6.45, 7) is -5.01. The number of nitrogens with one attached hydrogen (secondary N) is 1. The maximum atomic E-state index is 12.9. The largest absolute Gasteiger partial charge is 0.435 e. The van der Waals surface area contributed by atoms with Crippen LogP contribution in [0.4, 0.5) is 17.6 Å². The van der Waals surface area contributed by atoms with Crippen LogP contribution < -0.4 is 14.8 Å². The molecule has 6 nitrogen and oxygen atoms in total. The summed E-state index contributed by atoms with van der Waals surface area (Å²) in [6.07, 6.45) is 1.70. The molecule has 3 rings (SSSR count). The average Bonchev–Trinajstić information content (AvgIpc) is 2.79. The van der Waals surface area contributed by atoms with E-state index in [2.05, 4.69) is 14.8 Å². The Morgan fingerprint density at radius 3 is 2.39 bits per heavy atom. The molecule has 10 heteroatoms. The number of alkyl halides is 4. The van der Waals surface area contributed by atoms with Gasteiger partial charge in [0.25, 0.3) is 5.91 Å². The molecule has 0 bridgehead atoms. The number of benzene rings is 2. The van der Waals surface area contributed by atoms with Crippen molar-refractivity contribution in [2.24, 2.45) is 5.92 Å². The Bertz CT molecular complexity index is 940. The van der Waals surface area contributed by atoms with Gasteiger partial charge in [-0.1, -0.05) is 24.3 Å². The quantitative estimate of drug-likeness (QED) is 0.563. The number of halogens is 4. The third kappa shape index (κ3) is 7.10. The first-order valence-electron chi connectivity index (χ1n) is 10.5. The van der Waals surface area contributed by atoms with Gasteiger partial charge < -0.3 is 19.7 Å². The number of carbonyl (C=O) groups excluding carboxylic acids is 2. The second kappa shape index (κ2) is 11.5. The van der Waals surface area contributed by atoms with E-state index >= 15 is 0 Å². The van der Waals surface area contributed by atoms with Crippen molar-refractivity contribution in [3.05, 3.63) is 59.7 Å². The van der Waals surface area contributed by atoms with Crippen LogP contribution in [0.1, 0.15) is 28.8 Å². The molecule has 1 atom stereocenters. The Kier molecular flexibility index (Phi) is 8.51. The Morgan fingerprint density at radius 1 is 1.00 bits per heavy atom. The first-order valence-corrected chi connectivity index (χ1v) is 10.5. The monoisotopic (exact) mass is 468 g/mol. The van der Waals surface area contributed by atoms with Gasteiger partial charge >= 0.3 is 13.2 Å². The number of hydrogen-bond acceptors (Lipinski definition) is 4. The van der Waals surface area contributed by atoms with Gasteiger partial charge in [-0.2, -0.15) is 17.6 Å². The van der Waals surface area contributed by atoms with Crippen LogP contribution in [0.2, 0.25) is 0 Å². The van der Waals surface area contributed by atoms with Gasteiger partial charge in [0.2, 0.25) is 5.91 Å². The molecule has 1 unspecified atom stereocenters. The fourth-order valence-electron chi connectivity index (χ4n) is 3.70. The van der Waals surface area contributed by atoms with E-state index in [0.717, 1.165) is 5.56 Å². The maximum Gasteiger partial charge on any atom is 0.387 e. The standard InChI is InChI=1S/C23H24F4N2O4/c24-22(25)32-17-9-7-15(8-10-17)11-12-28-20(30)16-4-3-13-29(14-16)21(31)18-5-1-2-6-19(18)33-23(26)27/h1-2,5-10,16,22-23H,3-4,11-14H2,(H,28,30). The topological polar surface area (TPSA) is 67.9 Å². The molecule has 1 aliphatic heterocycles. The van der Waals surface area contributed by atoms with E-state index in [0.29, 0.717) is 32.4 Å². The minimum absolute atomic E-state index is 0.0260. The molecule has 2 aromatic rings. The first-order chi connectivity index (χ1) is 15.8. The fourth-order valence-corrected chi connectivity index (χ4v) is 3.70. The summed E-state index contributed by atoms with van der Waals surface area (Å²) in [5.74, 6) is -1.23. The molecule has 178 valence electrons. The maximum absolute atomic E-state index is 12.9. The Labute approximate surface area is 188 Å². The van der Waals surface area contributed by atoms with Gasteiger partial charge in [-0.3, -0.25) is 9.59 Å². The van der Waals surface area contributed by atoms with Crippen LogP contribution in [0.3, 0.4) is 0 Å². The molecule has 2 amide bonds. The molecule has 1 aliphatic rings. The predicted molar refractivity (Wildman–Crippen MR) is 111 cm³/mol. The second-order valence-electron chi connectivity index (χ2n) is 7.53. The molecule has 1 heterocycles. The highest BCUT2D eigenvalue weighted by molar-refractivity contribution is 5.97. The van der Waals surface area contributed by atoms with Gasteiger partial charge in [-0.05, 0) is 49.1 Å². The SMILES string of the molecule is O=C(NCCc1ccc(OC(F)F)cc1)C1CCCN(C(=O)c2ccccc2OC(F)F)C1. The molecule has 0 aromatic heterocycles. The molecular formula is C23H24F4N2O4. The van der Waals surface area contributed by atoms with Gasteiger partial charge in [0.05, 0.1) is 11.5 Å². The number of ether oxygens (including phenoxy) is 2. The van der Waals surface area contributed by atoms with Crippen molar-refractivity contribution in [3.63, 3.8) is 0 Å². The highest BCUT2D eigenvalue weighted by Crippen LogP contribution is 2.25. The lowest BCUT2D eigenvalue weighted by Gasteiger charge is -2.32. The summed E-state index contributed by atoms with van der Waals surface area (Å²) in [7, 11) is 0. The summed E-state index contributed by atoms with van der Waals surface area (Å²) in [5.41, 5.74) is 0.867. The van der Waals surface area contributed by atoms with Crippen LogP contribution in [0.5, 0.6) is 11.5 Å². The third-order valence-corrected chi connectivity index (χ3v) is 5.27. The number of piperidine rings is 1. The van der Waals surface area contributed by atoms with E-state index in [9.17, 15) is 27.2 Å². The van der Waals surface area contributed by atoms with Gasteiger partial charge in [0.15, 0.2) is 0 Å². The van der Waals surface area contributed by atoms with Crippen LogP contribution >= 0.6 is 0 Å². The number of para-hydroxylation sites is 1. The number of carbonyl (C=O) groups is 2. The summed E-state index contributed by atoms with van der Waals surface area (Å²) < 4.78 is 58.4. The summed E-state index contributed by atoms with van der Waals surface area (Å²) in [4.78, 5) is 27.0. The van der Waals surface area contributed by atoms with Crippen molar-refractivity contribution in [3.8, 4) is 11.5 Å². The highest BCUT2D eigenvalue weighted by atomic mass is 19.3. The number of nitrogens with zero attached hydrogens (tertiary/aromatic N) is 1. The smallest absolute Gasteiger partial charge is 0.387 e. The number of hydrogen-bond donors (Lipinski definition) is 1. The average molecular weight is 468 g/mol. The zero-order valence-corrected chi connectivity index (χ0v) is 17.7. The van der Waals surface area contributed by atoms with Crippen LogP contribution in [0.15, 0.2) is 48.5 Å². The van der Waals surface area contributed by atoms with Gasteiger partial charge in [-0.25, -0.2) is 0 Å². The van der Waals surface area contributed by atoms with Crippen molar-refractivity contribution in [1.82, 2.24) is 10.2 Å². The number of rotatable bonds is 9. The normalized spacial score (nSPS) is 16.1. The van der Waals surface area contributed by atoms with Crippen LogP contribution in [-0.4, -0.2) is 49.6 Å². The van der Waals surface area contributed by atoms with Crippen molar-refractivity contribution in [1.29, 1.82) is 0 Å². The van der Waals surface area contributed by atoms with Gasteiger partial charge in [0.1, 0.15) is 11.5 Å². The lowest BCUT2D eigenvalue weighted by atomic mass is 9.96. The molecule has 0 spiro atoms. The van der Waals surface area contributed by atoms with Crippen molar-refractivity contribution in [2.45, 2.75) is 32.5 Å². The molecule has 1 N–H and O–H groups in total. The van der Waals surface area contributed by atoms with Crippen molar-refractivity contribution >= 4 is 11.8 Å². The minimum Gasteiger partial charge on any atom is -0.435 e. The van der Waals surface area contributed by atoms with E-state index in [1.54, 1.807) is 18.2 Å². The van der Waals surface area contributed by atoms with Crippen LogP contribution in [0, 0.1) is 5.92 Å². The lowest BCUT2D eigenvalue weighted by molar-refractivity contribution is -0.126. The van der Waals surface area contributed by atoms with E-state index in [1.165, 1.54) is 35.2 Å². The fraction of sp³-hybridized carbons (Fsp3) is 0.391. The molecular weight excluding hydrogens is 444 g/mol. The Hall–Kier alpha value is -3.30. The van der Waals surface area contributed by atoms with E-state index in [4.69, 9.17) is 0 Å². The molecule has 0 aliphatic carbocycles. The Morgan fingerprint density at radius 2 is 1.70 bits per heavy atom. The number of likely N-dealkylation sites (tertiary alicyclic amines) is 1. The van der Waals surface area contributed by atoms with E-state index in [-0.39, 0.29) is 29.5 Å². The molecule has 1 fully saturated rings. The van der Waals surface area contributed by atoms with Crippen LogP contribution in [-0.2, 0) is 11.2 Å². The van der Waals surface area contributed by atoms with Crippen LogP contribution in [0.25, 0.3) is 0 Å². The molecule has 0 saturated carbocycles. The van der Waals surface area contributed by atoms with Crippen molar-refractivity contribution < 1.29 is 36.6 Å².